The monoisotopic (exact) mass is 818 g/mol. The fourth-order valence-corrected chi connectivity index (χ4v) is 9.89. The Labute approximate surface area is 348 Å². The standard InChI is InChI=1S/C46H38N6O7S/c47-44(57)48-23-11-12-27-21-22-32-31(26-27)46(43(56)49-32)36(41(54)51-45-50-33-18-8-10-20-35(33)60-45)38-42(55)59-39(29-15-5-2-6-16-29)37(28-13-3-1-4-14-28)52(38)40(46)30-17-7-9-19-34(30)58-25-24-53/h1-10,13-22,26,36-40,53H,23-25H2,(H,49,56)(H3,47,48,57)(H,50,51,54)/t36-,37-,38-,39+,40+,46-/m0/s1. The Hall–Kier alpha value is -7.05. The van der Waals surface area contributed by atoms with Crippen molar-refractivity contribution in [3.8, 4) is 17.6 Å². The first-order chi connectivity index (χ1) is 29.3. The number of carbonyl (C=O) groups excluding carboxylic acids is 4. The molecule has 1 spiro atoms. The van der Waals surface area contributed by atoms with Gasteiger partial charge in [-0.1, -0.05) is 114 Å². The summed E-state index contributed by atoms with van der Waals surface area (Å²) in [7, 11) is 0. The number of nitrogens with two attached hydrogens (primary N) is 1. The molecule has 9 rings (SSSR count). The van der Waals surface area contributed by atoms with Crippen LogP contribution >= 0.6 is 11.3 Å². The first-order valence-electron chi connectivity index (χ1n) is 19.3. The van der Waals surface area contributed by atoms with Crippen LogP contribution < -0.4 is 26.4 Å². The van der Waals surface area contributed by atoms with E-state index in [2.05, 4.69) is 32.8 Å². The zero-order chi connectivity index (χ0) is 41.4. The number of morpholine rings is 1. The highest BCUT2D eigenvalue weighted by Crippen LogP contribution is 2.65. The van der Waals surface area contributed by atoms with E-state index < -0.39 is 59.4 Å². The number of benzene rings is 5. The van der Waals surface area contributed by atoms with Gasteiger partial charge >= 0.3 is 12.0 Å². The molecule has 4 heterocycles. The third kappa shape index (κ3) is 6.58. The molecule has 0 bridgehead atoms. The maximum Gasteiger partial charge on any atom is 0.324 e. The molecule has 1 aromatic heterocycles. The highest BCUT2D eigenvalue weighted by molar-refractivity contribution is 7.22. The maximum atomic E-state index is 15.5. The number of hydrogen-bond acceptors (Lipinski definition) is 10. The van der Waals surface area contributed by atoms with Crippen molar-refractivity contribution in [2.45, 2.75) is 29.6 Å². The number of ether oxygens (including phenoxy) is 2. The molecule has 0 radical (unpaired) electrons. The minimum Gasteiger partial charge on any atom is -0.491 e. The molecule has 6 aromatic rings. The van der Waals surface area contributed by atoms with Crippen LogP contribution in [0.3, 0.4) is 0 Å². The van der Waals surface area contributed by atoms with Gasteiger partial charge in [-0.15, -0.1) is 0 Å². The summed E-state index contributed by atoms with van der Waals surface area (Å²) < 4.78 is 13.6. The molecule has 6 atom stereocenters. The number of thiazole rings is 1. The SMILES string of the molecule is NC(=O)NCC#Cc1ccc2c(c1)[C@]1(C(=O)N2)[C@H](C(=O)Nc2nc3ccccc3s2)[C@H]2C(=O)O[C@H](c3ccccc3)[C@H](c3ccccc3)N2[C@@H]1c1ccccc1OCCO. The largest absolute Gasteiger partial charge is 0.491 e. The summed E-state index contributed by atoms with van der Waals surface area (Å²) in [6.45, 7) is -0.365. The second-order valence-electron chi connectivity index (χ2n) is 14.6. The first-order valence-corrected chi connectivity index (χ1v) is 20.2. The number of primary amides is 1. The lowest BCUT2D eigenvalue weighted by atomic mass is 9.65. The molecule has 4 amide bonds. The second kappa shape index (κ2) is 16.0. The molecule has 2 saturated heterocycles. The summed E-state index contributed by atoms with van der Waals surface area (Å²) in [5.74, 6) is 3.06. The molecule has 60 heavy (non-hydrogen) atoms. The summed E-state index contributed by atoms with van der Waals surface area (Å²) in [5, 5.41) is 18.8. The Kier molecular flexibility index (Phi) is 10.2. The van der Waals surface area contributed by atoms with E-state index >= 15 is 14.4 Å². The van der Waals surface area contributed by atoms with E-state index in [0.29, 0.717) is 38.8 Å². The highest BCUT2D eigenvalue weighted by atomic mass is 32.1. The van der Waals surface area contributed by atoms with E-state index in [9.17, 15) is 9.90 Å². The van der Waals surface area contributed by atoms with Crippen LogP contribution in [-0.4, -0.2) is 64.6 Å². The van der Waals surface area contributed by atoms with Gasteiger partial charge in [0.05, 0.1) is 41.4 Å². The molecule has 0 saturated carbocycles. The minimum atomic E-state index is -1.83. The van der Waals surface area contributed by atoms with Crippen LogP contribution in [0.1, 0.15) is 46.0 Å². The number of aliphatic hydroxyl groups excluding tert-OH is 1. The number of rotatable bonds is 9. The van der Waals surface area contributed by atoms with Gasteiger partial charge in [0, 0.05) is 16.8 Å². The summed E-state index contributed by atoms with van der Waals surface area (Å²) in [4.78, 5) is 64.2. The number of urea groups is 1. The van der Waals surface area contributed by atoms with Crippen LogP contribution in [0.2, 0.25) is 0 Å². The molecular weight excluding hydrogens is 781 g/mol. The molecule has 0 unspecified atom stereocenters. The van der Waals surface area contributed by atoms with Gasteiger partial charge in [-0.05, 0) is 53.1 Å². The fourth-order valence-electron chi connectivity index (χ4n) is 9.02. The van der Waals surface area contributed by atoms with E-state index in [1.54, 1.807) is 30.3 Å². The van der Waals surface area contributed by atoms with E-state index in [1.165, 1.54) is 11.3 Å². The van der Waals surface area contributed by atoms with E-state index in [0.717, 1.165) is 15.8 Å². The zero-order valence-electron chi connectivity index (χ0n) is 31.9. The lowest BCUT2D eigenvalue weighted by Gasteiger charge is -2.46. The number of anilines is 2. The molecule has 3 aliphatic heterocycles. The van der Waals surface area contributed by atoms with Crippen molar-refractivity contribution in [1.29, 1.82) is 0 Å². The summed E-state index contributed by atoms with van der Waals surface area (Å²) in [6, 6.07) is 35.0. The number of fused-ring (bicyclic) bond motifs is 4. The number of esters is 1. The van der Waals surface area contributed by atoms with E-state index in [4.69, 9.17) is 15.2 Å². The third-order valence-corrected chi connectivity index (χ3v) is 12.2. The smallest absolute Gasteiger partial charge is 0.324 e. The molecule has 3 aliphatic rings. The van der Waals surface area contributed by atoms with Gasteiger partial charge < -0.3 is 36.3 Å². The number of nitrogens with one attached hydrogen (secondary N) is 3. The predicted molar refractivity (Wildman–Crippen MR) is 225 cm³/mol. The van der Waals surface area contributed by atoms with Crippen molar-refractivity contribution in [2.75, 3.05) is 30.4 Å². The Morgan fingerprint density at radius 1 is 0.917 bits per heavy atom. The molecule has 0 aliphatic carbocycles. The van der Waals surface area contributed by atoms with E-state index in [1.807, 2.05) is 102 Å². The van der Waals surface area contributed by atoms with Gasteiger partial charge in [-0.25, -0.2) is 9.78 Å². The van der Waals surface area contributed by atoms with Crippen LogP contribution in [0.5, 0.6) is 5.75 Å². The number of amides is 4. The molecule has 5 aromatic carbocycles. The van der Waals surface area contributed by atoms with Gasteiger partial charge in [-0.2, -0.15) is 0 Å². The van der Waals surface area contributed by atoms with Crippen molar-refractivity contribution in [2.24, 2.45) is 11.7 Å². The van der Waals surface area contributed by atoms with Gasteiger partial charge in [0.1, 0.15) is 29.9 Å². The number of aliphatic hydroxyl groups is 1. The van der Waals surface area contributed by atoms with Crippen molar-refractivity contribution in [3.05, 3.63) is 155 Å². The van der Waals surface area contributed by atoms with Crippen LogP contribution in [0, 0.1) is 17.8 Å². The number of cyclic esters (lactones) is 1. The van der Waals surface area contributed by atoms with Crippen molar-refractivity contribution < 1.29 is 33.8 Å². The number of nitrogens with zero attached hydrogens (tertiary/aromatic N) is 2. The topological polar surface area (TPSA) is 185 Å². The van der Waals surface area contributed by atoms with Gasteiger partial charge in [0.25, 0.3) is 0 Å². The molecule has 13 nitrogen and oxygen atoms in total. The Morgan fingerprint density at radius 3 is 2.38 bits per heavy atom. The highest BCUT2D eigenvalue weighted by Gasteiger charge is 2.74. The van der Waals surface area contributed by atoms with Crippen molar-refractivity contribution >= 4 is 56.2 Å². The van der Waals surface area contributed by atoms with Crippen molar-refractivity contribution in [1.82, 2.24) is 15.2 Å². The molecular formula is C46H38N6O7S. The minimum absolute atomic E-state index is 0.0263. The molecule has 6 N–H and O–H groups in total. The quantitative estimate of drug-likeness (QED) is 0.0916. The number of para-hydroxylation sites is 2. The normalized spacial score (nSPS) is 22.9. The fraction of sp³-hybridized carbons (Fsp3) is 0.196. The van der Waals surface area contributed by atoms with Gasteiger partial charge in [0.15, 0.2) is 5.13 Å². The molecule has 14 heteroatoms. The molecule has 300 valence electrons. The van der Waals surface area contributed by atoms with Crippen LogP contribution in [0.15, 0.2) is 127 Å². The van der Waals surface area contributed by atoms with Crippen LogP contribution in [-0.2, 0) is 24.5 Å². The van der Waals surface area contributed by atoms with E-state index in [-0.39, 0.29) is 19.8 Å². The van der Waals surface area contributed by atoms with Gasteiger partial charge in [0.2, 0.25) is 11.8 Å². The average Bonchev–Trinajstić information content (AvgIpc) is 3.91. The first kappa shape index (κ1) is 38.5. The van der Waals surface area contributed by atoms with Crippen LogP contribution in [0.4, 0.5) is 15.6 Å². The summed E-state index contributed by atoms with van der Waals surface area (Å²) in [5.41, 5.74) is 7.48. The molecule has 2 fully saturated rings. The number of aromatic nitrogens is 1. The van der Waals surface area contributed by atoms with Gasteiger partial charge in [-0.3, -0.25) is 19.3 Å². The lowest BCUT2D eigenvalue weighted by Crippen LogP contribution is -2.53. The zero-order valence-corrected chi connectivity index (χ0v) is 32.7. The van der Waals surface area contributed by atoms with Crippen molar-refractivity contribution in [3.63, 3.8) is 0 Å². The summed E-state index contributed by atoms with van der Waals surface area (Å²) in [6.07, 6.45) is -0.868. The predicted octanol–water partition coefficient (Wildman–Crippen LogP) is 5.60. The maximum absolute atomic E-state index is 15.5. The summed E-state index contributed by atoms with van der Waals surface area (Å²) >= 11 is 1.28. The number of carbonyl (C=O) groups is 4. The van der Waals surface area contributed by atoms with Crippen LogP contribution in [0.25, 0.3) is 10.2 Å². The second-order valence-corrected chi connectivity index (χ2v) is 15.6. The lowest BCUT2D eigenvalue weighted by molar-refractivity contribution is -0.177. The Morgan fingerprint density at radius 2 is 1.63 bits per heavy atom. The Bertz CT molecular complexity index is 2670. The number of hydrogen-bond donors (Lipinski definition) is 5. The third-order valence-electron chi connectivity index (χ3n) is 11.3. The Balaban J connectivity index is 1.33. The average molecular weight is 819 g/mol.